The highest BCUT2D eigenvalue weighted by atomic mass is 19.1. The second kappa shape index (κ2) is 7.20. The number of nitrogens with one attached hydrogen (secondary N) is 1. The molecule has 1 aromatic heterocycles. The summed E-state index contributed by atoms with van der Waals surface area (Å²) in [6.07, 6.45) is -0.671. The third-order valence-electron chi connectivity index (χ3n) is 3.82. The monoisotopic (exact) mass is 341 g/mol. The predicted molar refractivity (Wildman–Crippen MR) is 83.1 cm³/mol. The van der Waals surface area contributed by atoms with Gasteiger partial charge in [0.25, 0.3) is 0 Å². The Morgan fingerprint density at radius 3 is 2.92 bits per heavy atom. The summed E-state index contributed by atoms with van der Waals surface area (Å²) in [5, 5.41) is 21.4. The van der Waals surface area contributed by atoms with Crippen LogP contribution >= 0.6 is 0 Å². The van der Waals surface area contributed by atoms with Crippen LogP contribution in [0.3, 0.4) is 0 Å². The van der Waals surface area contributed by atoms with Crippen molar-refractivity contribution in [3.05, 3.63) is 35.4 Å². The number of aromatic nitrogens is 2. The smallest absolute Gasteiger partial charge is 0.351 e. The lowest BCUT2D eigenvalue weighted by atomic mass is 9.98. The minimum absolute atomic E-state index is 0.0307. The van der Waals surface area contributed by atoms with Gasteiger partial charge in [0.15, 0.2) is 11.9 Å². The Balaban J connectivity index is 2.20. The second-order valence-corrected chi connectivity index (χ2v) is 5.68. The van der Waals surface area contributed by atoms with Crippen LogP contribution in [-0.4, -0.2) is 50.2 Å². The topological polar surface area (TPSA) is 114 Å². The van der Waals surface area contributed by atoms with E-state index < -0.39 is 36.4 Å². The van der Waals surface area contributed by atoms with E-state index >= 15 is 0 Å². The quantitative estimate of drug-likeness (QED) is 0.634. The summed E-state index contributed by atoms with van der Waals surface area (Å²) in [6, 6.07) is 1.32. The van der Waals surface area contributed by atoms with Crippen LogP contribution in [-0.2, 0) is 9.53 Å². The molecule has 1 amide bonds. The van der Waals surface area contributed by atoms with Crippen molar-refractivity contribution in [3.63, 3.8) is 0 Å². The largest absolute Gasteiger partial charge is 0.394 e. The van der Waals surface area contributed by atoms with Gasteiger partial charge in [-0.15, -0.1) is 6.58 Å². The molecule has 1 saturated heterocycles. The van der Waals surface area contributed by atoms with Gasteiger partial charge in [-0.2, -0.15) is 4.98 Å². The maximum atomic E-state index is 14.7. The highest BCUT2D eigenvalue weighted by Crippen LogP contribution is 2.40. The lowest BCUT2D eigenvalue weighted by Gasteiger charge is -2.24. The van der Waals surface area contributed by atoms with Crippen LogP contribution in [0.2, 0.25) is 0 Å². The van der Waals surface area contributed by atoms with Crippen LogP contribution in [0, 0.1) is 0 Å². The minimum Gasteiger partial charge on any atom is -0.394 e. The zero-order valence-corrected chi connectivity index (χ0v) is 13.2. The Labute approximate surface area is 137 Å². The average Bonchev–Trinajstić information content (AvgIpc) is 2.76. The van der Waals surface area contributed by atoms with Crippen LogP contribution in [0.15, 0.2) is 29.7 Å². The van der Waals surface area contributed by atoms with E-state index in [0.29, 0.717) is 6.42 Å². The molecule has 132 valence electrons. The standard InChI is InChI=1S/C15H20FN3O5/c1-3-4-5-11(21)17-10-6-7-19(14(23)18-10)13-15(2,16)12(22)9(8-20)24-13/h3,6-7,9,12-13,20,22H,1,4-5,8H2,2H3,(H,17,18,21,23)/t9-,12?,13-,15+/m1/s1. The van der Waals surface area contributed by atoms with E-state index in [4.69, 9.17) is 9.84 Å². The van der Waals surface area contributed by atoms with Crippen molar-refractivity contribution < 1.29 is 24.1 Å². The molecular formula is C15H20FN3O5. The first-order valence-electron chi connectivity index (χ1n) is 7.44. The molecule has 1 fully saturated rings. The summed E-state index contributed by atoms with van der Waals surface area (Å²) in [4.78, 5) is 27.4. The number of hydrogen-bond acceptors (Lipinski definition) is 6. The van der Waals surface area contributed by atoms with Crippen molar-refractivity contribution >= 4 is 11.7 Å². The fraction of sp³-hybridized carbons (Fsp3) is 0.533. The Morgan fingerprint density at radius 2 is 2.38 bits per heavy atom. The van der Waals surface area contributed by atoms with Gasteiger partial charge in [-0.3, -0.25) is 9.36 Å². The van der Waals surface area contributed by atoms with E-state index in [0.717, 1.165) is 11.5 Å². The molecule has 1 aliphatic heterocycles. The van der Waals surface area contributed by atoms with E-state index in [9.17, 15) is 19.1 Å². The Kier molecular flexibility index (Phi) is 5.47. The minimum atomic E-state index is -2.28. The van der Waals surface area contributed by atoms with E-state index in [-0.39, 0.29) is 18.1 Å². The molecule has 4 atom stereocenters. The maximum absolute atomic E-state index is 14.7. The molecule has 0 saturated carbocycles. The molecule has 1 aliphatic rings. The number of amides is 1. The van der Waals surface area contributed by atoms with Crippen molar-refractivity contribution in [1.29, 1.82) is 0 Å². The van der Waals surface area contributed by atoms with Crippen LogP contribution in [0.4, 0.5) is 10.2 Å². The van der Waals surface area contributed by atoms with Gasteiger partial charge >= 0.3 is 5.69 Å². The van der Waals surface area contributed by atoms with Crippen molar-refractivity contribution in [3.8, 4) is 0 Å². The first-order chi connectivity index (χ1) is 11.3. The molecule has 1 unspecified atom stereocenters. The molecule has 0 bridgehead atoms. The molecule has 2 heterocycles. The van der Waals surface area contributed by atoms with Gasteiger partial charge in [-0.05, 0) is 19.4 Å². The van der Waals surface area contributed by atoms with Gasteiger partial charge in [0.2, 0.25) is 5.91 Å². The van der Waals surface area contributed by atoms with E-state index in [2.05, 4.69) is 16.9 Å². The fourth-order valence-corrected chi connectivity index (χ4v) is 2.46. The number of carbonyl (C=O) groups excluding carboxylic acids is 1. The molecule has 0 spiro atoms. The van der Waals surface area contributed by atoms with Gasteiger partial charge < -0.3 is 20.3 Å². The molecule has 8 nitrogen and oxygen atoms in total. The molecule has 2 rings (SSSR count). The number of rotatable bonds is 6. The maximum Gasteiger partial charge on any atom is 0.351 e. The van der Waals surface area contributed by atoms with Gasteiger partial charge in [0, 0.05) is 12.6 Å². The lowest BCUT2D eigenvalue weighted by Crippen LogP contribution is -2.42. The number of ether oxygens (including phenoxy) is 1. The van der Waals surface area contributed by atoms with Gasteiger partial charge in [-0.25, -0.2) is 9.18 Å². The number of hydrogen-bond donors (Lipinski definition) is 3. The van der Waals surface area contributed by atoms with Crippen molar-refractivity contribution in [2.24, 2.45) is 0 Å². The highest BCUT2D eigenvalue weighted by molar-refractivity contribution is 5.89. The Bertz CT molecular complexity index is 675. The van der Waals surface area contributed by atoms with Crippen LogP contribution in [0.25, 0.3) is 0 Å². The average molecular weight is 341 g/mol. The van der Waals surface area contributed by atoms with Gasteiger partial charge in [0.05, 0.1) is 6.61 Å². The Morgan fingerprint density at radius 1 is 1.67 bits per heavy atom. The number of alkyl halides is 1. The van der Waals surface area contributed by atoms with Gasteiger partial charge in [-0.1, -0.05) is 6.08 Å². The molecule has 9 heteroatoms. The number of nitrogens with zero attached hydrogens (tertiary/aromatic N) is 2. The van der Waals surface area contributed by atoms with Crippen LogP contribution in [0.5, 0.6) is 0 Å². The normalized spacial score (nSPS) is 29.4. The molecule has 0 aromatic carbocycles. The number of anilines is 1. The molecular weight excluding hydrogens is 321 g/mol. The first-order valence-corrected chi connectivity index (χ1v) is 7.44. The number of halogens is 1. The highest BCUT2D eigenvalue weighted by Gasteiger charge is 2.55. The summed E-state index contributed by atoms with van der Waals surface area (Å²) in [5.41, 5.74) is -3.13. The molecule has 3 N–H and O–H groups in total. The van der Waals surface area contributed by atoms with Crippen molar-refractivity contribution in [1.82, 2.24) is 9.55 Å². The number of carbonyl (C=O) groups is 1. The molecule has 1 aromatic rings. The predicted octanol–water partition coefficient (Wildman–Crippen LogP) is 0.127. The lowest BCUT2D eigenvalue weighted by molar-refractivity contribution is -0.116. The zero-order chi connectivity index (χ0) is 17.9. The van der Waals surface area contributed by atoms with Crippen LogP contribution < -0.4 is 11.0 Å². The van der Waals surface area contributed by atoms with Gasteiger partial charge in [0.1, 0.15) is 18.0 Å². The second-order valence-electron chi connectivity index (χ2n) is 5.68. The summed E-state index contributed by atoms with van der Waals surface area (Å²) >= 11 is 0. The van der Waals surface area contributed by atoms with E-state index in [1.54, 1.807) is 6.08 Å². The third-order valence-corrected chi connectivity index (χ3v) is 3.82. The summed E-state index contributed by atoms with van der Waals surface area (Å²) in [7, 11) is 0. The molecule has 0 radical (unpaired) electrons. The summed E-state index contributed by atoms with van der Waals surface area (Å²) in [6.45, 7) is 4.00. The third kappa shape index (κ3) is 3.53. The number of aliphatic hydroxyl groups excluding tert-OH is 2. The SMILES string of the molecule is C=CCCC(=O)Nc1ccn([C@@H]2O[C@H](CO)C(O)[C@]2(C)F)c(=O)n1. The molecule has 24 heavy (non-hydrogen) atoms. The molecule has 0 aliphatic carbocycles. The van der Waals surface area contributed by atoms with Crippen molar-refractivity contribution in [2.75, 3.05) is 11.9 Å². The number of allylic oxidation sites excluding steroid dienone is 1. The van der Waals surface area contributed by atoms with E-state index in [1.165, 1.54) is 12.3 Å². The van der Waals surface area contributed by atoms with Crippen molar-refractivity contribution in [2.45, 2.75) is 43.9 Å². The summed E-state index contributed by atoms with van der Waals surface area (Å²) < 4.78 is 20.8. The van der Waals surface area contributed by atoms with E-state index in [1.807, 2.05) is 0 Å². The van der Waals surface area contributed by atoms with Crippen LogP contribution in [0.1, 0.15) is 26.0 Å². The Hall–Kier alpha value is -2.10. The fourth-order valence-electron chi connectivity index (χ4n) is 2.46. The number of aliphatic hydroxyl groups is 2. The zero-order valence-electron chi connectivity index (χ0n) is 13.2. The first kappa shape index (κ1) is 18.2. The summed E-state index contributed by atoms with van der Waals surface area (Å²) in [5.74, 6) is -0.300.